The first kappa shape index (κ1) is 66.3. The van der Waals surface area contributed by atoms with Crippen LogP contribution in [0.3, 0.4) is 0 Å². The lowest BCUT2D eigenvalue weighted by Crippen LogP contribution is -2.17. The van der Waals surface area contributed by atoms with Gasteiger partial charge in [0, 0.05) is 49.4 Å². The molecule has 9 aromatic carbocycles. The van der Waals surface area contributed by atoms with Gasteiger partial charge in [-0.25, -0.2) is 15.0 Å². The Morgan fingerprint density at radius 2 is 0.594 bits per heavy atom. The quantitative estimate of drug-likeness (QED) is 0.149. The summed E-state index contributed by atoms with van der Waals surface area (Å²) in [6.07, 6.45) is -19.7. The van der Waals surface area contributed by atoms with Gasteiger partial charge in [0.05, 0.1) is 67.3 Å². The first-order valence-corrected chi connectivity index (χ1v) is 30.9. The average Bonchev–Trinajstić information content (AvgIpc) is 1.54. The summed E-state index contributed by atoms with van der Waals surface area (Å²) in [5, 5.41) is 9.04. The van der Waals surface area contributed by atoms with E-state index in [2.05, 4.69) is 101 Å². The number of alkyl halides is 12. The Labute approximate surface area is 546 Å². The smallest absolute Gasteiger partial charge is 0.309 e. The molecule has 490 valence electrons. The number of nitrogens with zero attached hydrogens (tertiary/aromatic N) is 6. The molecule has 96 heavy (non-hydrogen) atoms. The number of halogens is 12. The van der Waals surface area contributed by atoms with Crippen LogP contribution in [-0.4, -0.2) is 24.1 Å². The van der Waals surface area contributed by atoms with E-state index < -0.39 is 47.0 Å². The first-order chi connectivity index (χ1) is 44.5. The lowest BCUT2D eigenvalue weighted by Gasteiger charge is -2.26. The summed E-state index contributed by atoms with van der Waals surface area (Å²) in [7, 11) is 0. The van der Waals surface area contributed by atoms with Crippen LogP contribution in [0.2, 0.25) is 0 Å². The number of nitriles is 1. The third-order valence-electron chi connectivity index (χ3n) is 17.7. The molecular formula is C78H64F12N6. The van der Waals surface area contributed by atoms with Gasteiger partial charge in [-0.05, 0) is 189 Å². The minimum atomic E-state index is -4.94. The van der Waals surface area contributed by atoms with Crippen molar-refractivity contribution in [2.24, 2.45) is 0 Å². The minimum absolute atomic E-state index is 0.0375. The molecule has 0 aliphatic rings. The van der Waals surface area contributed by atoms with Crippen LogP contribution < -0.4 is 0 Å². The summed E-state index contributed by atoms with van der Waals surface area (Å²) in [5.41, 5.74) is 1.87. The number of fused-ring (bicyclic) bond motifs is 6. The standard InChI is InChI=1S/C78H64F12N6/c1-71(2,3)52-29-46(30-53(35-52)72(4,5)6)69-92-68(93-70(94-69)47-31-54(73(7,8)9)36-55(32-47)74(10,11)12)45-18-24-62(95-63-25-19-48(75(79,80)81)37-58(63)59-38-49(76(82,83)84)20-26-64(59)95)57(33-45)56-23-17-44(43-15-13-42(41-91)14-16-43)34-67(56)96-65-27-21-50(77(85,86)87)39-60(65)61-40-51(78(88,89)90)22-28-66(61)96/h13-40H,1-12H3. The molecule has 0 spiro atoms. The molecule has 12 rings (SSSR count). The molecule has 0 N–H and O–H groups in total. The summed E-state index contributed by atoms with van der Waals surface area (Å²) in [5.74, 6) is 0.694. The fraction of sp³-hybridized carbons (Fsp3) is 0.256. The van der Waals surface area contributed by atoms with Crippen molar-refractivity contribution in [2.75, 3.05) is 0 Å². The second kappa shape index (κ2) is 22.7. The minimum Gasteiger partial charge on any atom is -0.309 e. The molecule has 0 atom stereocenters. The molecule has 12 aromatic rings. The third kappa shape index (κ3) is 12.5. The molecule has 0 bridgehead atoms. The van der Waals surface area contributed by atoms with Gasteiger partial charge in [0.25, 0.3) is 0 Å². The van der Waals surface area contributed by atoms with E-state index in [4.69, 9.17) is 15.0 Å². The highest BCUT2D eigenvalue weighted by Gasteiger charge is 2.37. The van der Waals surface area contributed by atoms with Crippen LogP contribution in [0.15, 0.2) is 170 Å². The van der Waals surface area contributed by atoms with Crippen LogP contribution >= 0.6 is 0 Å². The fourth-order valence-electron chi connectivity index (χ4n) is 12.2. The van der Waals surface area contributed by atoms with Crippen LogP contribution in [0.1, 0.15) is 133 Å². The summed E-state index contributed by atoms with van der Waals surface area (Å²) < 4.78 is 181. The predicted octanol–water partition coefficient (Wildman–Crippen LogP) is 23.5. The number of aromatic nitrogens is 5. The number of hydrogen-bond acceptors (Lipinski definition) is 4. The number of hydrogen-bond donors (Lipinski definition) is 0. The van der Waals surface area contributed by atoms with E-state index in [9.17, 15) is 57.9 Å². The van der Waals surface area contributed by atoms with Crippen molar-refractivity contribution < 1.29 is 52.7 Å². The van der Waals surface area contributed by atoms with Crippen LogP contribution in [0, 0.1) is 11.3 Å². The van der Waals surface area contributed by atoms with Crippen molar-refractivity contribution in [3.05, 3.63) is 220 Å². The second-order valence-electron chi connectivity index (χ2n) is 28.6. The summed E-state index contributed by atoms with van der Waals surface area (Å²) in [6, 6.07) is 42.2. The van der Waals surface area contributed by atoms with E-state index in [1.165, 1.54) is 21.3 Å². The van der Waals surface area contributed by atoms with Crippen molar-refractivity contribution in [1.82, 2.24) is 24.1 Å². The predicted molar refractivity (Wildman–Crippen MR) is 355 cm³/mol. The van der Waals surface area contributed by atoms with Crippen LogP contribution in [0.5, 0.6) is 0 Å². The summed E-state index contributed by atoms with van der Waals surface area (Å²) >= 11 is 0. The molecule has 0 aliphatic carbocycles. The van der Waals surface area contributed by atoms with E-state index in [-0.39, 0.29) is 105 Å². The SMILES string of the molecule is CC(C)(C)c1cc(-c2nc(-c3cc(C(C)(C)C)cc(C(C)(C)C)c3)nc(-c3ccc(-n4c5ccc(C(F)(F)F)cc5c5cc(C(F)(F)F)ccc54)c(-c4ccc(-c5ccc(C#N)cc5)cc4-n4c5ccc(C(F)(F)F)cc5c5cc(C(F)(F)F)ccc54)c3)n2)cc(C(C)(C)C)c1. The highest BCUT2D eigenvalue weighted by Crippen LogP contribution is 2.48. The molecule has 0 radical (unpaired) electrons. The number of benzene rings is 9. The van der Waals surface area contributed by atoms with E-state index in [1.807, 2.05) is 24.3 Å². The second-order valence-corrected chi connectivity index (χ2v) is 28.6. The molecule has 0 unspecified atom stereocenters. The highest BCUT2D eigenvalue weighted by atomic mass is 19.4. The lowest BCUT2D eigenvalue weighted by atomic mass is 9.79. The van der Waals surface area contributed by atoms with Crippen LogP contribution in [0.25, 0.3) is 111 Å². The lowest BCUT2D eigenvalue weighted by molar-refractivity contribution is -0.138. The van der Waals surface area contributed by atoms with Gasteiger partial charge in [0.2, 0.25) is 0 Å². The van der Waals surface area contributed by atoms with Crippen LogP contribution in [-0.2, 0) is 46.4 Å². The average molecular weight is 1310 g/mol. The van der Waals surface area contributed by atoms with Crippen LogP contribution in [0.4, 0.5) is 52.7 Å². The molecule has 0 aliphatic heterocycles. The van der Waals surface area contributed by atoms with Gasteiger partial charge in [-0.2, -0.15) is 57.9 Å². The maximum Gasteiger partial charge on any atom is 0.416 e. The van der Waals surface area contributed by atoms with Gasteiger partial charge in [-0.15, -0.1) is 0 Å². The fourth-order valence-corrected chi connectivity index (χ4v) is 12.2. The Morgan fingerprint density at radius 3 is 0.917 bits per heavy atom. The topological polar surface area (TPSA) is 72.3 Å². The van der Waals surface area contributed by atoms with Crippen molar-refractivity contribution in [1.29, 1.82) is 5.26 Å². The maximum atomic E-state index is 14.8. The van der Waals surface area contributed by atoms with E-state index in [0.717, 1.165) is 82.9 Å². The highest BCUT2D eigenvalue weighted by molar-refractivity contribution is 6.12. The molecule has 3 heterocycles. The zero-order valence-electron chi connectivity index (χ0n) is 54.4. The Kier molecular flexibility index (Phi) is 15.7. The summed E-state index contributed by atoms with van der Waals surface area (Å²) in [4.78, 5) is 15.9. The normalized spacial score (nSPS) is 13.2. The molecule has 3 aromatic heterocycles. The largest absolute Gasteiger partial charge is 0.416 e. The zero-order chi connectivity index (χ0) is 69.5. The molecule has 0 saturated carbocycles. The van der Waals surface area contributed by atoms with Gasteiger partial charge in [-0.1, -0.05) is 119 Å². The molecule has 0 fully saturated rings. The Bertz CT molecular complexity index is 4860. The Hall–Kier alpha value is -9.76. The van der Waals surface area contributed by atoms with Gasteiger partial charge in [-0.3, -0.25) is 0 Å². The first-order valence-electron chi connectivity index (χ1n) is 30.9. The monoisotopic (exact) mass is 1310 g/mol. The van der Waals surface area contributed by atoms with Crippen molar-refractivity contribution in [3.63, 3.8) is 0 Å². The number of rotatable bonds is 7. The Morgan fingerprint density at radius 1 is 0.281 bits per heavy atom. The maximum absolute atomic E-state index is 14.8. The third-order valence-corrected chi connectivity index (χ3v) is 17.7. The van der Waals surface area contributed by atoms with Crippen molar-refractivity contribution in [3.8, 4) is 73.9 Å². The molecular weight excluding hydrogens is 1250 g/mol. The molecule has 0 amide bonds. The van der Waals surface area contributed by atoms with E-state index >= 15 is 0 Å². The van der Waals surface area contributed by atoms with E-state index in [0.29, 0.717) is 33.4 Å². The Balaban J connectivity index is 1.25. The van der Waals surface area contributed by atoms with Crippen molar-refractivity contribution >= 4 is 43.6 Å². The van der Waals surface area contributed by atoms with Gasteiger partial charge < -0.3 is 9.13 Å². The zero-order valence-corrected chi connectivity index (χ0v) is 54.4. The summed E-state index contributed by atoms with van der Waals surface area (Å²) in [6.45, 7) is 25.2. The van der Waals surface area contributed by atoms with Crippen molar-refractivity contribution in [2.45, 2.75) is 129 Å². The molecule has 0 saturated heterocycles. The van der Waals surface area contributed by atoms with Gasteiger partial charge >= 0.3 is 24.7 Å². The molecule has 18 heteroatoms. The van der Waals surface area contributed by atoms with Gasteiger partial charge in [0.1, 0.15) is 0 Å². The molecule has 6 nitrogen and oxygen atoms in total. The van der Waals surface area contributed by atoms with Gasteiger partial charge in [0.15, 0.2) is 17.5 Å². The van der Waals surface area contributed by atoms with E-state index in [1.54, 1.807) is 60.7 Å².